The minimum atomic E-state index is -2.27. The average Bonchev–Trinajstić information content (AvgIpc) is 2.17. The van der Waals surface area contributed by atoms with Crippen molar-refractivity contribution in [3.63, 3.8) is 0 Å². The summed E-state index contributed by atoms with van der Waals surface area (Å²) in [6.45, 7) is 0.977. The minimum absolute atomic E-state index is 0.977. The number of thioether (sulfide) groups is 1. The van der Waals surface area contributed by atoms with Crippen LogP contribution in [0.3, 0.4) is 0 Å². The van der Waals surface area contributed by atoms with Gasteiger partial charge in [0.25, 0.3) is 0 Å². The van der Waals surface area contributed by atoms with Crippen molar-refractivity contribution in [2.75, 3.05) is 12.3 Å². The fourth-order valence-corrected chi connectivity index (χ4v) is 0.685. The molecule has 0 N–H and O–H groups in total. The van der Waals surface area contributed by atoms with E-state index in [0.717, 1.165) is 12.3 Å². The number of nitrogens with zero attached hydrogens (tertiary/aromatic N) is 1. The van der Waals surface area contributed by atoms with Crippen LogP contribution in [0, 0.1) is 0 Å². The van der Waals surface area contributed by atoms with Crippen LogP contribution in [0.4, 0.5) is 0 Å². The van der Waals surface area contributed by atoms with E-state index in [2.05, 4.69) is 10.5 Å². The van der Waals surface area contributed by atoms with Crippen molar-refractivity contribution in [3.05, 3.63) is 0 Å². The Kier molecular flexibility index (Phi) is 7.81. The van der Waals surface area contributed by atoms with Crippen molar-refractivity contribution in [2.45, 2.75) is 0 Å². The quantitative estimate of drug-likeness (QED) is 0.558. The van der Waals surface area contributed by atoms with Crippen LogP contribution in [0.5, 0.6) is 0 Å². The molecule has 3 nitrogen and oxygen atoms in total. The standard InChI is InChI=1S/C3H4NS.2O.Sn/c1-2-5-3-4-1;;;/h1-2H2;;;. The van der Waals surface area contributed by atoms with Gasteiger partial charge in [-0.3, -0.25) is 4.99 Å². The summed E-state index contributed by atoms with van der Waals surface area (Å²) in [5.41, 5.74) is 2.76. The Bertz CT molecular complexity index is 104. The molecule has 0 saturated carbocycles. The topological polar surface area (TPSA) is 46.5 Å². The molecule has 0 unspecified atom stereocenters. The van der Waals surface area contributed by atoms with Crippen LogP contribution >= 0.6 is 11.8 Å². The molecular formula is C3H4NO2SSn. The van der Waals surface area contributed by atoms with Gasteiger partial charge in [-0.1, -0.05) is 0 Å². The molecule has 43 valence electrons. The van der Waals surface area contributed by atoms with E-state index in [-0.39, 0.29) is 0 Å². The van der Waals surface area contributed by atoms with Gasteiger partial charge in [0.2, 0.25) is 0 Å². The van der Waals surface area contributed by atoms with Gasteiger partial charge in [-0.2, -0.15) is 0 Å². The Morgan fingerprint density at radius 1 is 1.62 bits per heavy atom. The van der Waals surface area contributed by atoms with E-state index in [1.165, 1.54) is 0 Å². The SMILES string of the molecule is [C]1=NCCS1.[O]=[Sn]=[O]. The van der Waals surface area contributed by atoms with Gasteiger partial charge in [-0.05, 0) is 0 Å². The molecule has 1 heterocycles. The summed E-state index contributed by atoms with van der Waals surface area (Å²) < 4.78 is 17.1. The van der Waals surface area contributed by atoms with Gasteiger partial charge >= 0.3 is 27.3 Å². The van der Waals surface area contributed by atoms with Crippen molar-refractivity contribution in [2.24, 2.45) is 4.99 Å². The van der Waals surface area contributed by atoms with E-state index in [4.69, 9.17) is 6.15 Å². The maximum absolute atomic E-state index is 8.54. The Morgan fingerprint density at radius 3 is 2.38 bits per heavy atom. The zero-order valence-electron chi connectivity index (χ0n) is 4.09. The maximum atomic E-state index is 8.54. The predicted molar refractivity (Wildman–Crippen MR) is 31.9 cm³/mol. The zero-order chi connectivity index (χ0) is 6.24. The first-order chi connectivity index (χ1) is 3.91. The van der Waals surface area contributed by atoms with Gasteiger partial charge in [0.05, 0.1) is 0 Å². The molecule has 1 radical (unpaired) electrons. The summed E-state index contributed by atoms with van der Waals surface area (Å²) >= 11 is -0.613. The van der Waals surface area contributed by atoms with Gasteiger partial charge in [0.1, 0.15) is 5.55 Å². The van der Waals surface area contributed by atoms with Crippen LogP contribution in [0.2, 0.25) is 0 Å². The fraction of sp³-hybridized carbons (Fsp3) is 0.667. The van der Waals surface area contributed by atoms with Crippen LogP contribution in [0.1, 0.15) is 0 Å². The van der Waals surface area contributed by atoms with E-state index in [0.29, 0.717) is 0 Å². The molecule has 1 aliphatic heterocycles. The van der Waals surface area contributed by atoms with Gasteiger partial charge in [0, 0.05) is 12.3 Å². The zero-order valence-corrected chi connectivity index (χ0v) is 7.76. The van der Waals surface area contributed by atoms with E-state index in [1.807, 2.05) is 0 Å². The molecule has 0 bridgehead atoms. The fourth-order valence-electron chi connectivity index (χ4n) is 0.228. The Balaban J connectivity index is 0.000000145. The van der Waals surface area contributed by atoms with Crippen LogP contribution in [0.15, 0.2) is 4.99 Å². The second-order valence-corrected chi connectivity index (χ2v) is 2.26. The predicted octanol–water partition coefficient (Wildman–Crippen LogP) is 0.0201. The third-order valence-corrected chi connectivity index (χ3v) is 1.08. The van der Waals surface area contributed by atoms with E-state index < -0.39 is 21.1 Å². The van der Waals surface area contributed by atoms with Crippen LogP contribution < -0.4 is 0 Å². The molecule has 0 spiro atoms. The summed E-state index contributed by atoms with van der Waals surface area (Å²) in [4.78, 5) is 3.80. The van der Waals surface area contributed by atoms with Crippen molar-refractivity contribution in [1.29, 1.82) is 0 Å². The first-order valence-electron chi connectivity index (χ1n) is 1.94. The summed E-state index contributed by atoms with van der Waals surface area (Å²) in [5.74, 6) is 1.14. The Morgan fingerprint density at radius 2 is 2.25 bits per heavy atom. The molecule has 0 atom stereocenters. The molecule has 0 saturated heterocycles. The number of hydrogen-bond donors (Lipinski definition) is 0. The van der Waals surface area contributed by atoms with Crippen molar-refractivity contribution >= 4 is 38.4 Å². The molecular weight excluding hydrogens is 233 g/mol. The number of aliphatic imine (C=N–C) groups is 1. The molecule has 0 aromatic carbocycles. The molecule has 5 heteroatoms. The molecule has 1 aliphatic rings. The average molecular weight is 237 g/mol. The van der Waals surface area contributed by atoms with Gasteiger partial charge in [-0.15, -0.1) is 11.8 Å². The molecule has 0 aromatic rings. The van der Waals surface area contributed by atoms with Crippen LogP contribution in [-0.2, 0) is 6.15 Å². The first kappa shape index (κ1) is 8.42. The summed E-state index contributed by atoms with van der Waals surface area (Å²) in [5, 5.41) is 0. The van der Waals surface area contributed by atoms with E-state index >= 15 is 0 Å². The molecule has 0 fully saturated rings. The van der Waals surface area contributed by atoms with Gasteiger partial charge < -0.3 is 0 Å². The van der Waals surface area contributed by atoms with Gasteiger partial charge in [0.15, 0.2) is 0 Å². The van der Waals surface area contributed by atoms with E-state index in [1.54, 1.807) is 11.8 Å². The Hall–Kier alpha value is 0.419. The second kappa shape index (κ2) is 7.42. The molecule has 0 aliphatic carbocycles. The van der Waals surface area contributed by atoms with Crippen LogP contribution in [0.25, 0.3) is 0 Å². The monoisotopic (exact) mass is 238 g/mol. The molecule has 0 amide bonds. The van der Waals surface area contributed by atoms with Gasteiger partial charge in [-0.25, -0.2) is 0 Å². The normalized spacial score (nSPS) is 14.0. The molecule has 8 heavy (non-hydrogen) atoms. The molecule has 1 rings (SSSR count). The first-order valence-corrected chi connectivity index (χ1v) is 5.26. The third kappa shape index (κ3) is 6.42. The summed E-state index contributed by atoms with van der Waals surface area (Å²) in [6, 6.07) is 0. The van der Waals surface area contributed by atoms with Crippen molar-refractivity contribution < 1.29 is 6.15 Å². The Labute approximate surface area is 61.9 Å². The van der Waals surface area contributed by atoms with Crippen molar-refractivity contribution in [1.82, 2.24) is 0 Å². The number of hydrogen-bond acceptors (Lipinski definition) is 4. The summed E-state index contributed by atoms with van der Waals surface area (Å²) in [6.07, 6.45) is 0. The van der Waals surface area contributed by atoms with Crippen molar-refractivity contribution in [3.8, 4) is 0 Å². The number of rotatable bonds is 0. The molecule has 0 aromatic heterocycles. The summed E-state index contributed by atoms with van der Waals surface area (Å²) in [7, 11) is 0. The van der Waals surface area contributed by atoms with Crippen LogP contribution in [-0.4, -0.2) is 39.0 Å². The van der Waals surface area contributed by atoms with E-state index in [9.17, 15) is 0 Å². The third-order valence-electron chi connectivity index (χ3n) is 0.434. The second-order valence-electron chi connectivity index (χ2n) is 0.905.